The van der Waals surface area contributed by atoms with Gasteiger partial charge in [-0.2, -0.15) is 5.26 Å². The number of aromatic nitrogens is 14. The molecule has 0 saturated carbocycles. The molecule has 6 aromatic heterocycles. The van der Waals surface area contributed by atoms with E-state index in [4.69, 9.17) is 59.8 Å². The molecule has 15 heteroatoms. The summed E-state index contributed by atoms with van der Waals surface area (Å²) in [5.41, 5.74) is 18.2. The summed E-state index contributed by atoms with van der Waals surface area (Å²) >= 11 is 0. The zero-order valence-corrected chi connectivity index (χ0v) is 60.7. The first-order valence-electron chi connectivity index (χ1n) is 37.1. The SMILES string of the molecule is Cc1cc(-n2c3cc(-c4nc(-c5ccccc5)nc(-c5ccccc5)n4)ccc3c3ccc(-c4nc(-c5ccccc5)nc(-c5ccccc5)n4)cc32)c(-c2cccc(C#N)c2)cc1-n1c2cc(-c3nc(-c4ccccc4)nc(-c4ccccc4)n3)ccc2c2ccc(-c3nc(-c4ccccc4)nc(-c4ccccc4)n3)cc21. The van der Waals surface area contributed by atoms with Crippen molar-refractivity contribution in [1.29, 1.82) is 5.26 Å². The second kappa shape index (κ2) is 28.4. The average molecular weight is 1450 g/mol. The van der Waals surface area contributed by atoms with Crippen LogP contribution < -0.4 is 0 Å². The first-order valence-corrected chi connectivity index (χ1v) is 37.1. The summed E-state index contributed by atoms with van der Waals surface area (Å²) in [5, 5.41) is 14.8. The van der Waals surface area contributed by atoms with Gasteiger partial charge in [-0.05, 0) is 66.6 Å². The molecule has 0 unspecified atom stereocenters. The van der Waals surface area contributed by atoms with Crippen molar-refractivity contribution >= 4 is 43.6 Å². The van der Waals surface area contributed by atoms with Crippen molar-refractivity contribution in [3.63, 3.8) is 0 Å². The first-order chi connectivity index (χ1) is 55.8. The van der Waals surface area contributed by atoms with Crippen molar-refractivity contribution in [2.45, 2.75) is 6.92 Å². The maximum atomic E-state index is 10.9. The molecular formula is C98H61N15. The molecule has 0 saturated heterocycles. The molecule has 0 radical (unpaired) electrons. The number of nitriles is 1. The minimum Gasteiger partial charge on any atom is -0.309 e. The summed E-state index contributed by atoms with van der Waals surface area (Å²) in [7, 11) is 0. The van der Waals surface area contributed by atoms with Gasteiger partial charge in [0.1, 0.15) is 0 Å². The molecular weight excluding hydrogens is 1390 g/mol. The van der Waals surface area contributed by atoms with Crippen LogP contribution in [0.4, 0.5) is 0 Å². The topological polar surface area (TPSA) is 188 Å². The first kappa shape index (κ1) is 66.6. The minimum atomic E-state index is 0.495. The molecule has 0 aliphatic heterocycles. The van der Waals surface area contributed by atoms with Crippen LogP contribution >= 0.6 is 0 Å². The molecule has 0 fully saturated rings. The van der Waals surface area contributed by atoms with E-state index in [2.05, 4.69) is 113 Å². The Hall–Kier alpha value is -15.8. The third-order valence-corrected chi connectivity index (χ3v) is 20.5. The van der Waals surface area contributed by atoms with Gasteiger partial charge in [-0.1, -0.05) is 303 Å². The summed E-state index contributed by atoms with van der Waals surface area (Å²) in [6.45, 7) is 2.17. The maximum absolute atomic E-state index is 10.9. The fourth-order valence-electron chi connectivity index (χ4n) is 15.0. The van der Waals surface area contributed by atoms with Crippen LogP contribution in [-0.2, 0) is 0 Å². The van der Waals surface area contributed by atoms with E-state index in [0.29, 0.717) is 75.5 Å². The Bertz CT molecular complexity index is 6500. The zero-order valence-electron chi connectivity index (χ0n) is 60.7. The Morgan fingerprint density at radius 3 is 0.664 bits per heavy atom. The van der Waals surface area contributed by atoms with Crippen LogP contribution in [0, 0.1) is 18.3 Å². The number of aryl methyl sites for hydroxylation is 1. The number of nitrogens with zero attached hydrogens (tertiary/aromatic N) is 15. The summed E-state index contributed by atoms with van der Waals surface area (Å²) in [5.74, 6) is 6.36. The van der Waals surface area contributed by atoms with Crippen molar-refractivity contribution in [1.82, 2.24) is 68.9 Å². The van der Waals surface area contributed by atoms with Gasteiger partial charge in [0.05, 0.1) is 39.4 Å². The van der Waals surface area contributed by atoms with E-state index >= 15 is 0 Å². The van der Waals surface area contributed by atoms with Gasteiger partial charge in [-0.3, -0.25) is 0 Å². The summed E-state index contributed by atoms with van der Waals surface area (Å²) in [4.78, 5) is 62.6. The highest BCUT2D eigenvalue weighted by Crippen LogP contribution is 2.45. The normalized spacial score (nSPS) is 11.4. The Kier molecular flexibility index (Phi) is 16.8. The fraction of sp³-hybridized carbons (Fsp3) is 0.0102. The highest BCUT2D eigenvalue weighted by Gasteiger charge is 2.26. The largest absolute Gasteiger partial charge is 0.309 e. The third kappa shape index (κ3) is 12.6. The molecule has 113 heavy (non-hydrogen) atoms. The second-order valence-electron chi connectivity index (χ2n) is 27.6. The van der Waals surface area contributed by atoms with Crippen LogP contribution in [-0.4, -0.2) is 68.9 Å². The van der Waals surface area contributed by atoms with E-state index in [1.165, 1.54) is 0 Å². The summed E-state index contributed by atoms with van der Waals surface area (Å²) in [6.07, 6.45) is 0. The Morgan fingerprint density at radius 2 is 0.425 bits per heavy atom. The lowest BCUT2D eigenvalue weighted by atomic mass is 9.98. The molecule has 0 bridgehead atoms. The van der Waals surface area contributed by atoms with Gasteiger partial charge in [-0.15, -0.1) is 0 Å². The van der Waals surface area contributed by atoms with Crippen LogP contribution in [0.3, 0.4) is 0 Å². The molecule has 528 valence electrons. The molecule has 0 N–H and O–H groups in total. The molecule has 0 aliphatic rings. The van der Waals surface area contributed by atoms with Crippen LogP contribution in [0.25, 0.3) is 203 Å². The van der Waals surface area contributed by atoms with Crippen LogP contribution in [0.1, 0.15) is 11.1 Å². The van der Waals surface area contributed by atoms with E-state index in [0.717, 1.165) is 138 Å². The maximum Gasteiger partial charge on any atom is 0.164 e. The lowest BCUT2D eigenvalue weighted by Gasteiger charge is -2.20. The highest BCUT2D eigenvalue weighted by atomic mass is 15.1. The van der Waals surface area contributed by atoms with Gasteiger partial charge >= 0.3 is 0 Å². The molecule has 0 amide bonds. The Labute approximate surface area is 649 Å². The number of fused-ring (bicyclic) bond motifs is 6. The van der Waals surface area contributed by atoms with E-state index in [-0.39, 0.29) is 0 Å². The van der Waals surface area contributed by atoms with Crippen molar-refractivity contribution in [3.05, 3.63) is 363 Å². The monoisotopic (exact) mass is 1450 g/mol. The van der Waals surface area contributed by atoms with E-state index < -0.39 is 0 Å². The number of rotatable bonds is 15. The predicted octanol–water partition coefficient (Wildman–Crippen LogP) is 22.5. The highest BCUT2D eigenvalue weighted by molar-refractivity contribution is 6.13. The van der Waals surface area contributed by atoms with Crippen LogP contribution in [0.5, 0.6) is 0 Å². The van der Waals surface area contributed by atoms with E-state index in [1.54, 1.807) is 0 Å². The van der Waals surface area contributed by atoms with Gasteiger partial charge in [0, 0.05) is 99.6 Å². The second-order valence-corrected chi connectivity index (χ2v) is 27.6. The van der Waals surface area contributed by atoms with E-state index in [9.17, 15) is 5.26 Å². The molecule has 0 aliphatic carbocycles. The van der Waals surface area contributed by atoms with Gasteiger partial charge in [0.2, 0.25) is 0 Å². The van der Waals surface area contributed by atoms with Gasteiger partial charge < -0.3 is 9.13 Å². The molecule has 6 heterocycles. The molecule has 20 rings (SSSR count). The molecule has 20 aromatic rings. The molecule has 15 nitrogen and oxygen atoms in total. The van der Waals surface area contributed by atoms with Crippen molar-refractivity contribution in [3.8, 4) is 165 Å². The fourth-order valence-corrected chi connectivity index (χ4v) is 15.0. The smallest absolute Gasteiger partial charge is 0.164 e. The third-order valence-electron chi connectivity index (χ3n) is 20.5. The van der Waals surface area contributed by atoms with Gasteiger partial charge in [-0.25, -0.2) is 59.8 Å². The number of hydrogen-bond donors (Lipinski definition) is 0. The van der Waals surface area contributed by atoms with Gasteiger partial charge in [0.25, 0.3) is 0 Å². The molecule has 14 aromatic carbocycles. The predicted molar refractivity (Wildman–Crippen MR) is 449 cm³/mol. The van der Waals surface area contributed by atoms with Crippen LogP contribution in [0.2, 0.25) is 0 Å². The van der Waals surface area contributed by atoms with E-state index in [1.807, 2.05) is 261 Å². The Morgan fingerprint density at radius 1 is 0.204 bits per heavy atom. The molecule has 0 spiro atoms. The number of hydrogen-bond acceptors (Lipinski definition) is 13. The van der Waals surface area contributed by atoms with Crippen molar-refractivity contribution in [2.24, 2.45) is 0 Å². The van der Waals surface area contributed by atoms with Crippen LogP contribution in [0.15, 0.2) is 352 Å². The quantitative estimate of drug-likeness (QED) is 0.0944. The molecule has 0 atom stereocenters. The number of benzene rings is 14. The standard InChI is InChI=1S/C98H61N15/c1-61-53-82(113-85-57-74(97-108-91(67-36-18-6-19-37-67)102-92(109-97)68-38-20-7-21-39-68)47-51-78(85)79-52-48-75(58-86(79)113)98-110-93(69-40-22-8-23-41-69)103-94(111-98)70-42-24-9-25-43-70)80(71-44-26-27-62(54-71)60-99)59-81(61)112-83-55-72(95-104-87(63-28-10-2-11-29-63)100-88(105-95)64-30-12-3-13-31-64)45-49-76(83)77-50-46-73(56-84(77)112)96-106-89(65-32-14-4-15-33-65)101-90(107-96)66-34-16-5-17-35-66/h2-59H,1H3. The summed E-state index contributed by atoms with van der Waals surface area (Å²) < 4.78 is 4.68. The zero-order chi connectivity index (χ0) is 75.3. The lowest BCUT2D eigenvalue weighted by molar-refractivity contribution is 1.07. The Balaban J connectivity index is 0.865. The van der Waals surface area contributed by atoms with Gasteiger partial charge in [0.15, 0.2) is 69.9 Å². The average Bonchev–Trinajstić information content (AvgIpc) is 1.57. The lowest BCUT2D eigenvalue weighted by Crippen LogP contribution is -2.05. The summed E-state index contributed by atoms with van der Waals surface area (Å²) in [6, 6.07) is 121. The minimum absolute atomic E-state index is 0.495. The van der Waals surface area contributed by atoms with Crippen molar-refractivity contribution in [2.75, 3.05) is 0 Å². The van der Waals surface area contributed by atoms with Crippen molar-refractivity contribution < 1.29 is 0 Å².